The van der Waals surface area contributed by atoms with Crippen molar-refractivity contribution in [1.82, 2.24) is 5.32 Å². The minimum Gasteiger partial charge on any atom is -0.388 e. The number of halogens is 2. The number of ether oxygens (including phenoxy) is 1. The summed E-state index contributed by atoms with van der Waals surface area (Å²) in [5.74, 6) is -2.93. The molecule has 1 aromatic rings. The molecule has 0 bridgehead atoms. The molecular formula is C14H19F2NO2. The van der Waals surface area contributed by atoms with Crippen LogP contribution in [-0.4, -0.2) is 37.0 Å². The highest BCUT2D eigenvalue weighted by Crippen LogP contribution is 2.27. The van der Waals surface area contributed by atoms with E-state index in [-0.39, 0.29) is 12.1 Å². The van der Waals surface area contributed by atoms with Crippen LogP contribution >= 0.6 is 0 Å². The summed E-state index contributed by atoms with van der Waals surface area (Å²) in [4.78, 5) is 0. The molecule has 2 rings (SSSR count). The van der Waals surface area contributed by atoms with E-state index in [1.807, 2.05) is 0 Å². The van der Waals surface area contributed by atoms with Gasteiger partial charge in [0.05, 0.1) is 12.1 Å². The molecular weight excluding hydrogens is 252 g/mol. The molecule has 2 N–H and O–H groups in total. The molecule has 1 aliphatic heterocycles. The lowest BCUT2D eigenvalue weighted by atomic mass is 9.94. The third-order valence-corrected chi connectivity index (χ3v) is 3.42. The van der Waals surface area contributed by atoms with E-state index in [4.69, 9.17) is 4.74 Å². The summed E-state index contributed by atoms with van der Waals surface area (Å²) in [6.45, 7) is 0.652. The molecule has 0 aromatic heterocycles. The van der Waals surface area contributed by atoms with Gasteiger partial charge in [-0.25, -0.2) is 0 Å². The molecule has 0 spiro atoms. The second-order valence-electron chi connectivity index (χ2n) is 5.01. The average Bonchev–Trinajstić information content (AvgIpc) is 2.40. The fourth-order valence-electron chi connectivity index (χ4n) is 2.16. The van der Waals surface area contributed by atoms with E-state index in [9.17, 15) is 13.9 Å². The van der Waals surface area contributed by atoms with Crippen LogP contribution < -0.4 is 5.32 Å². The lowest BCUT2D eigenvalue weighted by Gasteiger charge is -2.32. The Kier molecular flexibility index (Phi) is 4.50. The van der Waals surface area contributed by atoms with Crippen molar-refractivity contribution in [2.75, 3.05) is 26.3 Å². The minimum atomic E-state index is -2.93. The van der Waals surface area contributed by atoms with Crippen LogP contribution in [0.3, 0.4) is 0 Å². The van der Waals surface area contributed by atoms with Crippen molar-refractivity contribution in [1.29, 1.82) is 0 Å². The van der Waals surface area contributed by atoms with E-state index >= 15 is 0 Å². The maximum Gasteiger partial charge on any atom is 0.285 e. The van der Waals surface area contributed by atoms with Crippen LogP contribution in [0.15, 0.2) is 30.3 Å². The zero-order valence-electron chi connectivity index (χ0n) is 10.7. The average molecular weight is 271 g/mol. The van der Waals surface area contributed by atoms with Crippen LogP contribution in [0.1, 0.15) is 18.4 Å². The normalized spacial score (nSPS) is 19.3. The van der Waals surface area contributed by atoms with E-state index in [0.717, 1.165) is 0 Å². The molecule has 106 valence electrons. The standard InChI is InChI=1S/C14H19F2NO2/c15-14(16,12-4-2-1-3-5-12)11-17-10-13(18)6-8-19-9-7-13/h1-5,17-18H,6-11H2. The SMILES string of the molecule is OC1(CNCC(F)(F)c2ccccc2)CCOCC1. The predicted molar refractivity (Wildman–Crippen MR) is 68.2 cm³/mol. The Bertz CT molecular complexity index is 392. The van der Waals surface area contributed by atoms with Crippen molar-refractivity contribution in [3.8, 4) is 0 Å². The molecule has 0 radical (unpaired) electrons. The lowest BCUT2D eigenvalue weighted by molar-refractivity contribution is -0.0674. The Morgan fingerprint density at radius 2 is 1.84 bits per heavy atom. The summed E-state index contributed by atoms with van der Waals surface area (Å²) >= 11 is 0. The molecule has 5 heteroatoms. The summed E-state index contributed by atoms with van der Waals surface area (Å²) in [6.07, 6.45) is 0.966. The number of hydrogen-bond acceptors (Lipinski definition) is 3. The van der Waals surface area contributed by atoms with E-state index in [2.05, 4.69) is 5.32 Å². The zero-order valence-corrected chi connectivity index (χ0v) is 10.7. The first-order valence-electron chi connectivity index (χ1n) is 6.46. The van der Waals surface area contributed by atoms with Gasteiger partial charge >= 0.3 is 0 Å². The third-order valence-electron chi connectivity index (χ3n) is 3.42. The van der Waals surface area contributed by atoms with Crippen LogP contribution in [0, 0.1) is 0 Å². The van der Waals surface area contributed by atoms with Crippen molar-refractivity contribution >= 4 is 0 Å². The van der Waals surface area contributed by atoms with Crippen LogP contribution in [-0.2, 0) is 10.7 Å². The molecule has 3 nitrogen and oxygen atoms in total. The van der Waals surface area contributed by atoms with Gasteiger partial charge in [-0.05, 0) is 0 Å². The Hall–Kier alpha value is -1.04. The quantitative estimate of drug-likeness (QED) is 0.859. The second kappa shape index (κ2) is 5.94. The monoisotopic (exact) mass is 271 g/mol. The molecule has 1 aromatic carbocycles. The van der Waals surface area contributed by atoms with Gasteiger partial charge < -0.3 is 15.2 Å². The first-order valence-corrected chi connectivity index (χ1v) is 6.46. The Morgan fingerprint density at radius 3 is 2.47 bits per heavy atom. The fourth-order valence-corrected chi connectivity index (χ4v) is 2.16. The third kappa shape index (κ3) is 3.96. The number of aliphatic hydroxyl groups is 1. The molecule has 1 heterocycles. The molecule has 1 saturated heterocycles. The zero-order chi connectivity index (χ0) is 13.8. The smallest absolute Gasteiger partial charge is 0.285 e. The molecule has 0 amide bonds. The molecule has 1 fully saturated rings. The summed E-state index contributed by atoms with van der Waals surface area (Å²) in [7, 11) is 0. The minimum absolute atomic E-state index is 0.0125. The van der Waals surface area contributed by atoms with Crippen LogP contribution in [0.4, 0.5) is 8.78 Å². The molecule has 0 aliphatic carbocycles. The van der Waals surface area contributed by atoms with Gasteiger partial charge in [0.2, 0.25) is 0 Å². The highest BCUT2D eigenvalue weighted by atomic mass is 19.3. The maximum absolute atomic E-state index is 13.9. The van der Waals surface area contributed by atoms with Gasteiger partial charge in [0.15, 0.2) is 0 Å². The first-order chi connectivity index (χ1) is 9.02. The molecule has 0 saturated carbocycles. The van der Waals surface area contributed by atoms with Crippen molar-refractivity contribution < 1.29 is 18.6 Å². The van der Waals surface area contributed by atoms with E-state index in [1.165, 1.54) is 12.1 Å². The van der Waals surface area contributed by atoms with E-state index < -0.39 is 18.1 Å². The Balaban J connectivity index is 1.84. The maximum atomic E-state index is 13.9. The van der Waals surface area contributed by atoms with Gasteiger partial charge in [0.1, 0.15) is 0 Å². The van der Waals surface area contributed by atoms with E-state index in [1.54, 1.807) is 18.2 Å². The molecule has 19 heavy (non-hydrogen) atoms. The first kappa shape index (κ1) is 14.4. The van der Waals surface area contributed by atoms with Gasteiger partial charge in [-0.15, -0.1) is 0 Å². The van der Waals surface area contributed by atoms with Crippen LogP contribution in [0.5, 0.6) is 0 Å². The highest BCUT2D eigenvalue weighted by Gasteiger charge is 2.34. The lowest BCUT2D eigenvalue weighted by Crippen LogP contribution is -2.47. The van der Waals surface area contributed by atoms with Gasteiger partial charge in [-0.1, -0.05) is 30.3 Å². The van der Waals surface area contributed by atoms with Crippen molar-refractivity contribution in [3.63, 3.8) is 0 Å². The van der Waals surface area contributed by atoms with Gasteiger partial charge in [0.25, 0.3) is 5.92 Å². The van der Waals surface area contributed by atoms with Gasteiger partial charge in [0, 0.05) is 38.2 Å². The number of alkyl halides is 2. The number of rotatable bonds is 5. The van der Waals surface area contributed by atoms with Crippen LogP contribution in [0.2, 0.25) is 0 Å². The van der Waals surface area contributed by atoms with Gasteiger partial charge in [-0.3, -0.25) is 0 Å². The fraction of sp³-hybridized carbons (Fsp3) is 0.571. The topological polar surface area (TPSA) is 41.5 Å². The summed E-state index contributed by atoms with van der Waals surface area (Å²) < 4.78 is 32.9. The van der Waals surface area contributed by atoms with Gasteiger partial charge in [-0.2, -0.15) is 8.78 Å². The Morgan fingerprint density at radius 1 is 1.21 bits per heavy atom. The molecule has 1 aliphatic rings. The summed E-state index contributed by atoms with van der Waals surface area (Å²) in [5, 5.41) is 12.8. The number of benzene rings is 1. The molecule has 0 atom stereocenters. The second-order valence-corrected chi connectivity index (χ2v) is 5.01. The predicted octanol–water partition coefficient (Wildman–Crippen LogP) is 1.91. The van der Waals surface area contributed by atoms with Crippen molar-refractivity contribution in [3.05, 3.63) is 35.9 Å². The van der Waals surface area contributed by atoms with Crippen LogP contribution in [0.25, 0.3) is 0 Å². The van der Waals surface area contributed by atoms with E-state index in [0.29, 0.717) is 26.1 Å². The Labute approximate surface area is 111 Å². The molecule has 0 unspecified atom stereocenters. The van der Waals surface area contributed by atoms with Crippen molar-refractivity contribution in [2.24, 2.45) is 0 Å². The summed E-state index contributed by atoms with van der Waals surface area (Å²) in [5.41, 5.74) is -0.938. The number of nitrogens with one attached hydrogen (secondary N) is 1. The summed E-state index contributed by atoms with van der Waals surface area (Å²) in [6, 6.07) is 7.71. The largest absolute Gasteiger partial charge is 0.388 e. The number of hydrogen-bond donors (Lipinski definition) is 2. The van der Waals surface area contributed by atoms with Crippen molar-refractivity contribution in [2.45, 2.75) is 24.4 Å². The highest BCUT2D eigenvalue weighted by molar-refractivity contribution is 5.20.